The number of rotatable bonds is 3. The zero-order valence-electron chi connectivity index (χ0n) is 10.9. The lowest BCUT2D eigenvalue weighted by Gasteiger charge is -2.10. The number of nitrogens with zero attached hydrogens (tertiary/aromatic N) is 2. The van der Waals surface area contributed by atoms with Crippen molar-refractivity contribution >= 4 is 39.8 Å². The summed E-state index contributed by atoms with van der Waals surface area (Å²) in [5.74, 6) is 0.341. The molecule has 0 aliphatic rings. The lowest BCUT2D eigenvalue weighted by atomic mass is 10.3. The second kappa shape index (κ2) is 6.36. The monoisotopic (exact) mass is 352 g/mol. The number of amides is 2. The van der Waals surface area contributed by atoms with Gasteiger partial charge in [-0.1, -0.05) is 22.9 Å². The highest BCUT2D eigenvalue weighted by molar-refractivity contribution is 7.15. The van der Waals surface area contributed by atoms with Gasteiger partial charge in [-0.25, -0.2) is 4.79 Å². The molecule has 0 unspecified atom stereocenters. The normalized spacial score (nSPS) is 11.1. The average Bonchev–Trinajstić information content (AvgIpc) is 2.87. The molecule has 0 saturated heterocycles. The number of carbonyl (C=O) groups is 1. The van der Waals surface area contributed by atoms with Crippen LogP contribution in [0.2, 0.25) is 5.02 Å². The number of methoxy groups -OCH3 is 1. The maximum Gasteiger partial charge on any atom is 0.445 e. The van der Waals surface area contributed by atoms with E-state index >= 15 is 0 Å². The minimum absolute atomic E-state index is 0.215. The van der Waals surface area contributed by atoms with E-state index in [-0.39, 0.29) is 22.2 Å². The van der Waals surface area contributed by atoms with E-state index in [1.165, 1.54) is 19.2 Å². The summed E-state index contributed by atoms with van der Waals surface area (Å²) in [6.45, 7) is 0. The second-order valence-electron chi connectivity index (χ2n) is 3.83. The van der Waals surface area contributed by atoms with Gasteiger partial charge in [0.05, 0.1) is 12.8 Å². The van der Waals surface area contributed by atoms with Crippen LogP contribution in [0.3, 0.4) is 0 Å². The van der Waals surface area contributed by atoms with Crippen LogP contribution in [0, 0.1) is 0 Å². The number of hydrogen-bond acceptors (Lipinski definition) is 5. The number of hydrogen-bond donors (Lipinski definition) is 2. The third-order valence-corrected chi connectivity index (χ3v) is 3.42. The van der Waals surface area contributed by atoms with Gasteiger partial charge in [0.25, 0.3) is 0 Å². The molecule has 2 rings (SSSR count). The molecular formula is C11H8ClF3N4O2S. The van der Waals surface area contributed by atoms with Crippen molar-refractivity contribution in [2.45, 2.75) is 6.18 Å². The van der Waals surface area contributed by atoms with Crippen molar-refractivity contribution in [1.82, 2.24) is 10.2 Å². The first kappa shape index (κ1) is 16.3. The first-order chi connectivity index (χ1) is 10.3. The summed E-state index contributed by atoms with van der Waals surface area (Å²) in [6, 6.07) is 3.72. The molecule has 0 radical (unpaired) electrons. The van der Waals surface area contributed by atoms with Crippen molar-refractivity contribution in [3.63, 3.8) is 0 Å². The molecule has 0 fully saturated rings. The topological polar surface area (TPSA) is 76.1 Å². The maximum absolute atomic E-state index is 12.4. The Morgan fingerprint density at radius 3 is 2.64 bits per heavy atom. The molecule has 6 nitrogen and oxygen atoms in total. The van der Waals surface area contributed by atoms with Gasteiger partial charge in [0, 0.05) is 5.02 Å². The molecular weight excluding hydrogens is 345 g/mol. The van der Waals surface area contributed by atoms with E-state index in [2.05, 4.69) is 20.8 Å². The largest absolute Gasteiger partial charge is 0.495 e. The molecule has 2 amide bonds. The number of urea groups is 1. The summed E-state index contributed by atoms with van der Waals surface area (Å²) in [5.41, 5.74) is 0.257. The Balaban J connectivity index is 2.07. The van der Waals surface area contributed by atoms with Crippen molar-refractivity contribution in [3.8, 4) is 5.75 Å². The van der Waals surface area contributed by atoms with Crippen LogP contribution in [0.1, 0.15) is 5.01 Å². The second-order valence-corrected chi connectivity index (χ2v) is 5.25. The zero-order chi connectivity index (χ0) is 16.3. The predicted molar refractivity (Wildman–Crippen MR) is 75.6 cm³/mol. The van der Waals surface area contributed by atoms with Gasteiger partial charge in [-0.2, -0.15) is 13.2 Å². The van der Waals surface area contributed by atoms with E-state index in [1.807, 2.05) is 0 Å². The third-order valence-electron chi connectivity index (χ3n) is 2.30. The Morgan fingerprint density at radius 2 is 2.05 bits per heavy atom. The molecule has 0 saturated carbocycles. The zero-order valence-corrected chi connectivity index (χ0v) is 12.4. The third kappa shape index (κ3) is 3.98. The molecule has 1 aromatic carbocycles. The highest BCUT2D eigenvalue weighted by Gasteiger charge is 2.35. The molecule has 118 valence electrons. The fourth-order valence-electron chi connectivity index (χ4n) is 1.42. The van der Waals surface area contributed by atoms with Gasteiger partial charge in [-0.15, -0.1) is 10.2 Å². The average molecular weight is 353 g/mol. The molecule has 0 bridgehead atoms. The van der Waals surface area contributed by atoms with E-state index in [0.29, 0.717) is 10.8 Å². The molecule has 2 N–H and O–H groups in total. The lowest BCUT2D eigenvalue weighted by molar-refractivity contribution is -0.138. The van der Waals surface area contributed by atoms with Crippen LogP contribution >= 0.6 is 22.9 Å². The van der Waals surface area contributed by atoms with Crippen LogP contribution < -0.4 is 15.4 Å². The van der Waals surface area contributed by atoms with E-state index in [1.54, 1.807) is 6.07 Å². The number of anilines is 2. The summed E-state index contributed by atoms with van der Waals surface area (Å²) in [6.07, 6.45) is -4.61. The number of aromatic nitrogens is 2. The first-order valence-corrected chi connectivity index (χ1v) is 6.81. The van der Waals surface area contributed by atoms with E-state index in [4.69, 9.17) is 16.3 Å². The van der Waals surface area contributed by atoms with Gasteiger partial charge in [0.1, 0.15) is 5.75 Å². The minimum atomic E-state index is -4.61. The van der Waals surface area contributed by atoms with Gasteiger partial charge >= 0.3 is 12.2 Å². The molecule has 0 atom stereocenters. The number of nitrogens with one attached hydrogen (secondary N) is 2. The van der Waals surface area contributed by atoms with E-state index < -0.39 is 17.2 Å². The van der Waals surface area contributed by atoms with Crippen LogP contribution in [0.5, 0.6) is 5.75 Å². The summed E-state index contributed by atoms with van der Waals surface area (Å²) in [5, 5.41) is 9.66. The van der Waals surface area contributed by atoms with Gasteiger partial charge in [-0.05, 0) is 18.2 Å². The Labute approximate surface area is 131 Å². The minimum Gasteiger partial charge on any atom is -0.495 e. The van der Waals surface area contributed by atoms with Crippen molar-refractivity contribution in [2.24, 2.45) is 0 Å². The number of carbonyl (C=O) groups excluding carboxylic acids is 1. The fourth-order valence-corrected chi connectivity index (χ4v) is 2.19. The number of halogens is 4. The molecule has 0 aliphatic heterocycles. The summed E-state index contributed by atoms with van der Waals surface area (Å²) < 4.78 is 42.2. The molecule has 2 aromatic rings. The quantitative estimate of drug-likeness (QED) is 0.879. The maximum atomic E-state index is 12.4. The van der Waals surface area contributed by atoms with Crippen LogP contribution in [-0.4, -0.2) is 23.3 Å². The van der Waals surface area contributed by atoms with E-state index in [9.17, 15) is 18.0 Å². The van der Waals surface area contributed by atoms with Crippen LogP contribution in [0.15, 0.2) is 18.2 Å². The van der Waals surface area contributed by atoms with E-state index in [0.717, 1.165) is 0 Å². The summed E-state index contributed by atoms with van der Waals surface area (Å²) in [7, 11) is 1.40. The molecule has 0 spiro atoms. The van der Waals surface area contributed by atoms with Crippen molar-refractivity contribution in [3.05, 3.63) is 28.2 Å². The van der Waals surface area contributed by atoms with Crippen LogP contribution in [0.4, 0.5) is 28.8 Å². The Morgan fingerprint density at radius 1 is 1.32 bits per heavy atom. The summed E-state index contributed by atoms with van der Waals surface area (Å²) >= 11 is 6.01. The van der Waals surface area contributed by atoms with Gasteiger partial charge in [-0.3, -0.25) is 5.32 Å². The number of alkyl halides is 3. The van der Waals surface area contributed by atoms with Gasteiger partial charge in [0.2, 0.25) is 10.1 Å². The molecule has 0 aliphatic carbocycles. The fraction of sp³-hybridized carbons (Fsp3) is 0.182. The van der Waals surface area contributed by atoms with Gasteiger partial charge in [0.15, 0.2) is 0 Å². The standard InChI is InChI=1S/C11H8ClF3N4O2S/c1-21-7-3-2-5(12)4-6(7)16-9(20)17-10-19-18-8(22-10)11(13,14)15/h2-4H,1H3,(H2,16,17,19,20). The highest BCUT2D eigenvalue weighted by atomic mass is 35.5. The number of benzene rings is 1. The molecule has 1 aromatic heterocycles. The van der Waals surface area contributed by atoms with Crippen molar-refractivity contribution in [2.75, 3.05) is 17.7 Å². The van der Waals surface area contributed by atoms with Crippen LogP contribution in [-0.2, 0) is 6.18 Å². The number of ether oxygens (including phenoxy) is 1. The Bertz CT molecular complexity index is 692. The highest BCUT2D eigenvalue weighted by Crippen LogP contribution is 2.33. The molecule has 22 heavy (non-hydrogen) atoms. The van der Waals surface area contributed by atoms with Crippen LogP contribution in [0.25, 0.3) is 0 Å². The summed E-state index contributed by atoms with van der Waals surface area (Å²) in [4.78, 5) is 11.8. The first-order valence-electron chi connectivity index (χ1n) is 5.62. The SMILES string of the molecule is COc1ccc(Cl)cc1NC(=O)Nc1nnc(C(F)(F)F)s1. The van der Waals surface area contributed by atoms with Gasteiger partial charge < -0.3 is 10.1 Å². The smallest absolute Gasteiger partial charge is 0.445 e. The molecule has 1 heterocycles. The Kier molecular flexibility index (Phi) is 4.71. The predicted octanol–water partition coefficient (Wildman–Crippen LogP) is 3.86. The van der Waals surface area contributed by atoms with Crippen molar-refractivity contribution < 1.29 is 22.7 Å². The Hall–Kier alpha value is -2.07. The van der Waals surface area contributed by atoms with Crippen molar-refractivity contribution in [1.29, 1.82) is 0 Å². The molecule has 11 heteroatoms. The lowest BCUT2D eigenvalue weighted by Crippen LogP contribution is -2.19.